The van der Waals surface area contributed by atoms with Crippen LogP contribution in [0.2, 0.25) is 0 Å². The highest BCUT2D eigenvalue weighted by atomic mass is 19.4. The Morgan fingerprint density at radius 2 is 1.96 bits per heavy atom. The summed E-state index contributed by atoms with van der Waals surface area (Å²) in [7, 11) is 0. The van der Waals surface area contributed by atoms with Crippen LogP contribution in [0.5, 0.6) is 5.75 Å². The van der Waals surface area contributed by atoms with Gasteiger partial charge in [0.2, 0.25) is 5.91 Å². The maximum Gasteiger partial charge on any atom is 0.433 e. The molecular weight excluding hydrogens is 309 g/mol. The Morgan fingerprint density at radius 3 is 2.74 bits per heavy atom. The van der Waals surface area contributed by atoms with Crippen molar-refractivity contribution in [2.24, 2.45) is 0 Å². The number of aromatic nitrogens is 1. The number of benzene rings is 1. The Balaban J connectivity index is 1.81. The molecule has 0 saturated carbocycles. The van der Waals surface area contributed by atoms with E-state index < -0.39 is 23.7 Å². The molecule has 1 aliphatic heterocycles. The molecule has 0 bridgehead atoms. The molecule has 0 saturated heterocycles. The van der Waals surface area contributed by atoms with Crippen LogP contribution in [0.3, 0.4) is 0 Å². The molecule has 4 nitrogen and oxygen atoms in total. The van der Waals surface area contributed by atoms with Crippen LogP contribution in [-0.2, 0) is 11.0 Å². The van der Waals surface area contributed by atoms with Crippen LogP contribution in [0.25, 0.3) is 0 Å². The van der Waals surface area contributed by atoms with E-state index in [0.717, 1.165) is 11.6 Å². The van der Waals surface area contributed by atoms with E-state index in [9.17, 15) is 18.0 Å². The minimum atomic E-state index is -4.55. The topological polar surface area (TPSA) is 51.2 Å². The van der Waals surface area contributed by atoms with Gasteiger partial charge in [0, 0.05) is 5.56 Å². The summed E-state index contributed by atoms with van der Waals surface area (Å²) in [6, 6.07) is 10.5. The maximum atomic E-state index is 12.7. The lowest BCUT2D eigenvalue weighted by atomic mass is 9.92. The van der Waals surface area contributed by atoms with Crippen LogP contribution in [0.15, 0.2) is 42.5 Å². The van der Waals surface area contributed by atoms with E-state index in [-0.39, 0.29) is 5.82 Å². The monoisotopic (exact) mass is 322 g/mol. The second-order valence-corrected chi connectivity index (χ2v) is 5.12. The lowest BCUT2D eigenvalue weighted by Crippen LogP contribution is -2.27. The molecule has 1 aromatic carbocycles. The summed E-state index contributed by atoms with van der Waals surface area (Å²) in [5.74, 6) is -0.367. The average molecular weight is 322 g/mol. The van der Waals surface area contributed by atoms with E-state index in [1.54, 1.807) is 24.3 Å². The largest absolute Gasteiger partial charge is 0.493 e. The van der Waals surface area contributed by atoms with Crippen molar-refractivity contribution in [1.29, 1.82) is 0 Å². The highest BCUT2D eigenvalue weighted by Gasteiger charge is 2.33. The minimum Gasteiger partial charge on any atom is -0.493 e. The van der Waals surface area contributed by atoms with Crippen LogP contribution in [0, 0.1) is 0 Å². The van der Waals surface area contributed by atoms with Gasteiger partial charge in [0.05, 0.1) is 12.5 Å². The first-order chi connectivity index (χ1) is 10.9. The lowest BCUT2D eigenvalue weighted by molar-refractivity contribution is -0.141. The highest BCUT2D eigenvalue weighted by molar-refractivity contribution is 5.95. The van der Waals surface area contributed by atoms with Gasteiger partial charge in [0.15, 0.2) is 0 Å². The van der Waals surface area contributed by atoms with Crippen molar-refractivity contribution in [1.82, 2.24) is 4.98 Å². The van der Waals surface area contributed by atoms with Gasteiger partial charge in [-0.1, -0.05) is 24.3 Å². The molecule has 0 aliphatic carbocycles. The van der Waals surface area contributed by atoms with Crippen molar-refractivity contribution in [2.75, 3.05) is 11.9 Å². The number of anilines is 1. The number of nitrogens with zero attached hydrogens (tertiary/aromatic N) is 1. The van der Waals surface area contributed by atoms with Crippen molar-refractivity contribution >= 4 is 11.7 Å². The molecule has 7 heteroatoms. The standard InChI is InChI=1S/C16H13F3N2O2/c17-16(18,19)13-6-3-7-14(20-13)21-15(22)11-8-9-23-12-5-2-1-4-10(11)12/h1-7,11H,8-9H2,(H,20,21,22)/t11-/m0/s1. The van der Waals surface area contributed by atoms with Crippen molar-refractivity contribution < 1.29 is 22.7 Å². The molecule has 3 rings (SSSR count). The number of rotatable bonds is 2. The number of alkyl halides is 3. The number of carbonyl (C=O) groups excluding carboxylic acids is 1. The Kier molecular flexibility index (Phi) is 3.94. The fourth-order valence-corrected chi connectivity index (χ4v) is 2.49. The smallest absolute Gasteiger partial charge is 0.433 e. The summed E-state index contributed by atoms with van der Waals surface area (Å²) < 4.78 is 43.5. The van der Waals surface area contributed by atoms with Crippen molar-refractivity contribution in [2.45, 2.75) is 18.5 Å². The number of fused-ring (bicyclic) bond motifs is 1. The lowest BCUT2D eigenvalue weighted by Gasteiger charge is -2.24. The van der Waals surface area contributed by atoms with Gasteiger partial charge in [-0.25, -0.2) is 4.98 Å². The van der Waals surface area contributed by atoms with Crippen molar-refractivity contribution in [3.05, 3.63) is 53.7 Å². The molecule has 0 spiro atoms. The molecule has 120 valence electrons. The number of carbonyl (C=O) groups is 1. The van der Waals surface area contributed by atoms with Gasteiger partial charge in [-0.2, -0.15) is 13.2 Å². The molecule has 1 atom stereocenters. The number of ether oxygens (including phenoxy) is 1. The Hall–Kier alpha value is -2.57. The second kappa shape index (κ2) is 5.91. The molecular formula is C16H13F3N2O2. The zero-order valence-corrected chi connectivity index (χ0v) is 11.9. The van der Waals surface area contributed by atoms with Crippen LogP contribution >= 0.6 is 0 Å². The van der Waals surface area contributed by atoms with E-state index in [2.05, 4.69) is 10.3 Å². The van der Waals surface area contributed by atoms with Crippen molar-refractivity contribution in [3.8, 4) is 5.75 Å². The van der Waals surface area contributed by atoms with E-state index >= 15 is 0 Å². The van der Waals surface area contributed by atoms with Crippen LogP contribution in [0.4, 0.5) is 19.0 Å². The summed E-state index contributed by atoms with van der Waals surface area (Å²) in [6.45, 7) is 0.380. The number of para-hydroxylation sites is 1. The zero-order chi connectivity index (χ0) is 16.4. The van der Waals surface area contributed by atoms with Gasteiger partial charge in [-0.05, 0) is 24.6 Å². The first-order valence-corrected chi connectivity index (χ1v) is 7.02. The molecule has 1 amide bonds. The summed E-state index contributed by atoms with van der Waals surface area (Å²) in [5.41, 5.74) is -0.314. The summed E-state index contributed by atoms with van der Waals surface area (Å²) in [4.78, 5) is 15.8. The third-order valence-electron chi connectivity index (χ3n) is 3.57. The summed E-state index contributed by atoms with van der Waals surface area (Å²) in [6.07, 6.45) is -4.09. The first kappa shape index (κ1) is 15.3. The minimum absolute atomic E-state index is 0.117. The zero-order valence-electron chi connectivity index (χ0n) is 11.9. The number of pyridine rings is 1. The fourth-order valence-electron chi connectivity index (χ4n) is 2.49. The van der Waals surface area contributed by atoms with Gasteiger partial charge < -0.3 is 10.1 Å². The highest BCUT2D eigenvalue weighted by Crippen LogP contribution is 2.34. The van der Waals surface area contributed by atoms with Gasteiger partial charge in [0.1, 0.15) is 17.3 Å². The Bertz CT molecular complexity index is 731. The van der Waals surface area contributed by atoms with Gasteiger partial charge in [0.25, 0.3) is 0 Å². The number of halogens is 3. The molecule has 2 aromatic rings. The number of hydrogen-bond donors (Lipinski definition) is 1. The van der Waals surface area contributed by atoms with Gasteiger partial charge in [-0.3, -0.25) is 4.79 Å². The van der Waals surface area contributed by atoms with Gasteiger partial charge >= 0.3 is 6.18 Å². The molecule has 2 heterocycles. The number of amides is 1. The molecule has 23 heavy (non-hydrogen) atoms. The van der Waals surface area contributed by atoms with Gasteiger partial charge in [-0.15, -0.1) is 0 Å². The molecule has 1 N–H and O–H groups in total. The molecule has 1 aromatic heterocycles. The fraction of sp³-hybridized carbons (Fsp3) is 0.250. The molecule has 0 unspecified atom stereocenters. The van der Waals surface area contributed by atoms with E-state index in [1.807, 2.05) is 0 Å². The Labute approximate surface area is 130 Å². The Morgan fingerprint density at radius 1 is 1.17 bits per heavy atom. The predicted molar refractivity (Wildman–Crippen MR) is 77.2 cm³/mol. The molecule has 0 radical (unpaired) electrons. The van der Waals surface area contributed by atoms with E-state index in [4.69, 9.17) is 4.74 Å². The SMILES string of the molecule is O=C(Nc1cccc(C(F)(F)F)n1)[C@H]1CCOc2ccccc21. The third-order valence-corrected chi connectivity index (χ3v) is 3.57. The summed E-state index contributed by atoms with van der Waals surface area (Å²) >= 11 is 0. The maximum absolute atomic E-state index is 12.7. The number of nitrogens with one attached hydrogen (secondary N) is 1. The van der Waals surface area contributed by atoms with Crippen LogP contribution in [0.1, 0.15) is 23.6 Å². The molecule has 0 fully saturated rings. The normalized spacial score (nSPS) is 17.1. The summed E-state index contributed by atoms with van der Waals surface area (Å²) in [5, 5.41) is 2.46. The predicted octanol–water partition coefficient (Wildman–Crippen LogP) is 3.61. The second-order valence-electron chi connectivity index (χ2n) is 5.12. The quantitative estimate of drug-likeness (QED) is 0.919. The average Bonchev–Trinajstić information content (AvgIpc) is 2.53. The van der Waals surface area contributed by atoms with Crippen LogP contribution in [-0.4, -0.2) is 17.5 Å². The van der Waals surface area contributed by atoms with E-state index in [1.165, 1.54) is 12.1 Å². The third kappa shape index (κ3) is 3.28. The number of hydrogen-bond acceptors (Lipinski definition) is 3. The van der Waals surface area contributed by atoms with E-state index in [0.29, 0.717) is 18.8 Å². The van der Waals surface area contributed by atoms with Crippen molar-refractivity contribution in [3.63, 3.8) is 0 Å². The molecule has 1 aliphatic rings. The van der Waals surface area contributed by atoms with Crippen LogP contribution < -0.4 is 10.1 Å². The first-order valence-electron chi connectivity index (χ1n) is 7.02.